The van der Waals surface area contributed by atoms with E-state index in [4.69, 9.17) is 0 Å². The first-order valence-electron chi connectivity index (χ1n) is 7.38. The summed E-state index contributed by atoms with van der Waals surface area (Å²) >= 11 is 4.92. The Hall–Kier alpha value is -1.80. The number of hydrogen-bond donors (Lipinski definition) is 2. The quantitative estimate of drug-likeness (QED) is 0.716. The first-order chi connectivity index (χ1) is 11.1. The Bertz CT molecular complexity index is 964. The highest BCUT2D eigenvalue weighted by molar-refractivity contribution is 9.10. The number of fused-ring (bicyclic) bond motifs is 3. The third-order valence-electron chi connectivity index (χ3n) is 3.91. The van der Waals surface area contributed by atoms with Gasteiger partial charge in [-0.2, -0.15) is 0 Å². The van der Waals surface area contributed by atoms with Gasteiger partial charge in [-0.25, -0.2) is 15.0 Å². The van der Waals surface area contributed by atoms with Crippen LogP contribution in [0.3, 0.4) is 0 Å². The van der Waals surface area contributed by atoms with Crippen LogP contribution in [0.4, 0.5) is 5.82 Å². The maximum absolute atomic E-state index is 11.6. The van der Waals surface area contributed by atoms with Crippen LogP contribution in [0.15, 0.2) is 15.5 Å². The summed E-state index contributed by atoms with van der Waals surface area (Å²) in [7, 11) is 0. The van der Waals surface area contributed by atoms with E-state index in [1.165, 1.54) is 23.1 Å². The van der Waals surface area contributed by atoms with Crippen LogP contribution in [0.1, 0.15) is 28.5 Å². The fourth-order valence-corrected chi connectivity index (χ4v) is 4.41. The Morgan fingerprint density at radius 2 is 2.26 bits per heavy atom. The summed E-state index contributed by atoms with van der Waals surface area (Å²) in [6.45, 7) is 2.31. The molecule has 1 aliphatic carbocycles. The number of aryl methyl sites for hydroxylation is 3. The van der Waals surface area contributed by atoms with Crippen molar-refractivity contribution in [2.24, 2.45) is 0 Å². The normalized spacial score (nSPS) is 13.5. The minimum absolute atomic E-state index is 0.183. The van der Waals surface area contributed by atoms with E-state index >= 15 is 0 Å². The molecule has 0 aromatic carbocycles. The van der Waals surface area contributed by atoms with Gasteiger partial charge in [-0.3, -0.25) is 4.79 Å². The summed E-state index contributed by atoms with van der Waals surface area (Å²) in [6, 6.07) is 0. The molecule has 118 valence electrons. The second-order valence-corrected chi connectivity index (χ2v) is 7.46. The number of H-pyrrole nitrogens is 1. The molecule has 6 nitrogen and oxygen atoms in total. The Balaban J connectivity index is 1.70. The maximum Gasteiger partial charge on any atom is 0.265 e. The molecule has 0 aliphatic heterocycles. The molecule has 1 aliphatic rings. The van der Waals surface area contributed by atoms with Gasteiger partial charge in [0.25, 0.3) is 5.56 Å². The standard InChI is InChI=1S/C15H14BrN5OS/c1-7-19-13(18-6-11-17-5-9(16)14(22)21-11)12-8-3-2-4-10(8)23-15(12)20-7/h5H,2-4,6H2,1H3,(H,17,21,22)(H,18,19,20). The molecule has 2 N–H and O–H groups in total. The van der Waals surface area contributed by atoms with Gasteiger partial charge in [-0.1, -0.05) is 0 Å². The van der Waals surface area contributed by atoms with Crippen LogP contribution in [0.25, 0.3) is 10.2 Å². The van der Waals surface area contributed by atoms with E-state index in [9.17, 15) is 4.79 Å². The number of nitrogens with zero attached hydrogens (tertiary/aromatic N) is 3. The number of thiophene rings is 1. The van der Waals surface area contributed by atoms with Crippen molar-refractivity contribution in [1.29, 1.82) is 0 Å². The summed E-state index contributed by atoms with van der Waals surface area (Å²) in [4.78, 5) is 30.2. The van der Waals surface area contributed by atoms with E-state index in [2.05, 4.69) is 41.2 Å². The Morgan fingerprint density at radius 3 is 3.09 bits per heavy atom. The molecule has 3 aromatic rings. The van der Waals surface area contributed by atoms with Gasteiger partial charge in [0.2, 0.25) is 0 Å². The molecule has 23 heavy (non-hydrogen) atoms. The van der Waals surface area contributed by atoms with E-state index in [0.29, 0.717) is 16.8 Å². The van der Waals surface area contributed by atoms with Crippen LogP contribution in [0, 0.1) is 6.92 Å². The second kappa shape index (κ2) is 5.68. The minimum atomic E-state index is -0.183. The fraction of sp³-hybridized carbons (Fsp3) is 0.333. The van der Waals surface area contributed by atoms with Crippen molar-refractivity contribution >= 4 is 43.3 Å². The van der Waals surface area contributed by atoms with Crippen LogP contribution in [0.2, 0.25) is 0 Å². The molecule has 0 bridgehead atoms. The largest absolute Gasteiger partial charge is 0.362 e. The van der Waals surface area contributed by atoms with Crippen molar-refractivity contribution < 1.29 is 0 Å². The summed E-state index contributed by atoms with van der Waals surface area (Å²) in [6.07, 6.45) is 4.94. The minimum Gasteiger partial charge on any atom is -0.362 e. The third kappa shape index (κ3) is 2.66. The second-order valence-electron chi connectivity index (χ2n) is 5.52. The van der Waals surface area contributed by atoms with Gasteiger partial charge in [0.15, 0.2) is 0 Å². The van der Waals surface area contributed by atoms with Crippen molar-refractivity contribution in [1.82, 2.24) is 19.9 Å². The molecule has 0 unspecified atom stereocenters. The molecule has 0 saturated carbocycles. The predicted molar refractivity (Wildman–Crippen MR) is 94.1 cm³/mol. The number of anilines is 1. The number of nitrogens with one attached hydrogen (secondary N) is 2. The summed E-state index contributed by atoms with van der Waals surface area (Å²) in [5, 5.41) is 4.45. The van der Waals surface area contributed by atoms with Gasteiger partial charge in [-0.05, 0) is 47.7 Å². The molecule has 3 aromatic heterocycles. The molecule has 0 radical (unpaired) electrons. The van der Waals surface area contributed by atoms with Crippen LogP contribution in [-0.2, 0) is 19.4 Å². The number of aromatic amines is 1. The zero-order valence-electron chi connectivity index (χ0n) is 12.4. The highest BCUT2D eigenvalue weighted by Crippen LogP contribution is 2.39. The van der Waals surface area contributed by atoms with Crippen LogP contribution in [-0.4, -0.2) is 19.9 Å². The van der Waals surface area contributed by atoms with Gasteiger partial charge < -0.3 is 10.3 Å². The zero-order chi connectivity index (χ0) is 16.0. The molecule has 3 heterocycles. The van der Waals surface area contributed by atoms with Crippen LogP contribution < -0.4 is 10.9 Å². The lowest BCUT2D eigenvalue weighted by atomic mass is 10.2. The number of hydrogen-bond acceptors (Lipinski definition) is 6. The van der Waals surface area contributed by atoms with Crippen molar-refractivity contribution in [2.75, 3.05) is 5.32 Å². The van der Waals surface area contributed by atoms with E-state index in [0.717, 1.165) is 34.7 Å². The molecule has 0 atom stereocenters. The number of aromatic nitrogens is 4. The first kappa shape index (κ1) is 14.8. The maximum atomic E-state index is 11.6. The van der Waals surface area contributed by atoms with Crippen molar-refractivity contribution in [3.63, 3.8) is 0 Å². The molecule has 4 rings (SSSR count). The van der Waals surface area contributed by atoms with Crippen molar-refractivity contribution in [3.8, 4) is 0 Å². The van der Waals surface area contributed by atoms with E-state index in [1.54, 1.807) is 11.3 Å². The molecule has 8 heteroatoms. The highest BCUT2D eigenvalue weighted by Gasteiger charge is 2.21. The van der Waals surface area contributed by atoms with Gasteiger partial charge in [0, 0.05) is 11.1 Å². The number of halogens is 1. The van der Waals surface area contributed by atoms with Gasteiger partial charge in [-0.15, -0.1) is 11.3 Å². The summed E-state index contributed by atoms with van der Waals surface area (Å²) in [5.41, 5.74) is 1.20. The Kier molecular flexibility index (Phi) is 3.65. The average molecular weight is 392 g/mol. The zero-order valence-corrected chi connectivity index (χ0v) is 14.8. The molecule has 0 fully saturated rings. The van der Waals surface area contributed by atoms with Crippen LogP contribution >= 0.6 is 27.3 Å². The molecular formula is C15H14BrN5OS. The predicted octanol–water partition coefficient (Wildman–Crippen LogP) is 2.95. The smallest absolute Gasteiger partial charge is 0.265 e. The third-order valence-corrected chi connectivity index (χ3v) is 5.66. The van der Waals surface area contributed by atoms with Gasteiger partial charge in [0.05, 0.1) is 11.9 Å². The van der Waals surface area contributed by atoms with Crippen LogP contribution in [0.5, 0.6) is 0 Å². The van der Waals surface area contributed by atoms with E-state index in [1.807, 2.05) is 6.92 Å². The van der Waals surface area contributed by atoms with Gasteiger partial charge in [0.1, 0.15) is 26.8 Å². The van der Waals surface area contributed by atoms with Gasteiger partial charge >= 0.3 is 0 Å². The lowest BCUT2D eigenvalue weighted by Gasteiger charge is -2.08. The van der Waals surface area contributed by atoms with E-state index < -0.39 is 0 Å². The topological polar surface area (TPSA) is 83.6 Å². The lowest BCUT2D eigenvalue weighted by molar-refractivity contribution is 0.909. The Morgan fingerprint density at radius 1 is 1.39 bits per heavy atom. The number of rotatable bonds is 3. The lowest BCUT2D eigenvalue weighted by Crippen LogP contribution is -2.14. The van der Waals surface area contributed by atoms with Crippen molar-refractivity contribution in [3.05, 3.63) is 43.1 Å². The molecule has 0 saturated heterocycles. The monoisotopic (exact) mass is 391 g/mol. The first-order valence-corrected chi connectivity index (χ1v) is 8.99. The summed E-state index contributed by atoms with van der Waals surface area (Å²) < 4.78 is 0.428. The fourth-order valence-electron chi connectivity index (χ4n) is 2.90. The summed E-state index contributed by atoms with van der Waals surface area (Å²) in [5.74, 6) is 2.16. The highest BCUT2D eigenvalue weighted by atomic mass is 79.9. The van der Waals surface area contributed by atoms with Crippen molar-refractivity contribution in [2.45, 2.75) is 32.7 Å². The molecule has 0 amide bonds. The average Bonchev–Trinajstić information content (AvgIpc) is 3.08. The molecular weight excluding hydrogens is 378 g/mol. The molecule has 0 spiro atoms. The Labute approximate surface area is 144 Å². The SMILES string of the molecule is Cc1nc(NCc2ncc(Br)c(=O)[nH]2)c2c3c(sc2n1)CCC3. The van der Waals surface area contributed by atoms with E-state index in [-0.39, 0.29) is 5.56 Å².